The predicted octanol–water partition coefficient (Wildman–Crippen LogP) is 2.73. The summed E-state index contributed by atoms with van der Waals surface area (Å²) in [5.41, 5.74) is 5.45. The fourth-order valence-corrected chi connectivity index (χ4v) is 1.40. The van der Waals surface area contributed by atoms with Gasteiger partial charge in [-0.05, 0) is 19.1 Å². The predicted molar refractivity (Wildman–Crippen MR) is 52.5 cm³/mol. The summed E-state index contributed by atoms with van der Waals surface area (Å²) >= 11 is 5.69. The number of rotatable bonds is 3. The third-order valence-electron chi connectivity index (χ3n) is 1.71. The van der Waals surface area contributed by atoms with Gasteiger partial charge in [0, 0.05) is 5.56 Å². The largest absolute Gasteiger partial charge is 0.431 e. The zero-order chi connectivity index (χ0) is 11.6. The molecular weight excluding hydrogens is 228 g/mol. The molecule has 6 heteroatoms. The number of carbonyl (C=O) groups is 1. The fraction of sp³-hybridized carbons (Fsp3) is 0.222. The number of ether oxygens (including phenoxy) is 1. The standard InChI is InChI=1S/C9H8ClF2NO2/c1-4(14)5-2-3-6(13)8(7(5)10)15-9(11)12/h2-3,9H,13H2,1H3. The minimum absolute atomic E-state index is 0.0368. The van der Waals surface area contributed by atoms with Gasteiger partial charge in [-0.25, -0.2) is 0 Å². The molecule has 1 aromatic carbocycles. The van der Waals surface area contributed by atoms with Crippen molar-refractivity contribution in [2.45, 2.75) is 13.5 Å². The highest BCUT2D eigenvalue weighted by atomic mass is 35.5. The van der Waals surface area contributed by atoms with Crippen LogP contribution in [0.15, 0.2) is 12.1 Å². The van der Waals surface area contributed by atoms with E-state index in [0.717, 1.165) is 0 Å². The van der Waals surface area contributed by atoms with Gasteiger partial charge in [-0.3, -0.25) is 4.79 Å². The van der Waals surface area contributed by atoms with Gasteiger partial charge in [0.25, 0.3) is 0 Å². The van der Waals surface area contributed by atoms with Crippen LogP contribution >= 0.6 is 11.6 Å². The van der Waals surface area contributed by atoms with Crippen LogP contribution < -0.4 is 10.5 Å². The number of ketones is 1. The first kappa shape index (κ1) is 11.7. The van der Waals surface area contributed by atoms with E-state index in [0.29, 0.717) is 0 Å². The summed E-state index contributed by atoms with van der Waals surface area (Å²) in [6.07, 6.45) is 0. The third-order valence-corrected chi connectivity index (χ3v) is 2.09. The molecule has 0 saturated carbocycles. The Kier molecular flexibility index (Phi) is 3.47. The molecule has 0 heterocycles. The van der Waals surface area contributed by atoms with Crippen molar-refractivity contribution in [3.63, 3.8) is 0 Å². The maximum atomic E-state index is 12.0. The van der Waals surface area contributed by atoms with E-state index in [2.05, 4.69) is 4.74 Å². The topological polar surface area (TPSA) is 52.3 Å². The summed E-state index contributed by atoms with van der Waals surface area (Å²) in [5, 5.41) is -0.192. The van der Waals surface area contributed by atoms with Crippen LogP contribution in [0.5, 0.6) is 5.75 Å². The number of anilines is 1. The van der Waals surface area contributed by atoms with Crippen molar-refractivity contribution in [1.82, 2.24) is 0 Å². The van der Waals surface area contributed by atoms with Gasteiger partial charge in [0.15, 0.2) is 11.5 Å². The van der Waals surface area contributed by atoms with Crippen molar-refractivity contribution in [1.29, 1.82) is 0 Å². The SMILES string of the molecule is CC(=O)c1ccc(N)c(OC(F)F)c1Cl. The minimum atomic E-state index is -3.04. The molecule has 0 aliphatic carbocycles. The molecule has 3 nitrogen and oxygen atoms in total. The average molecular weight is 236 g/mol. The van der Waals surface area contributed by atoms with E-state index in [-0.39, 0.29) is 27.8 Å². The van der Waals surface area contributed by atoms with Gasteiger partial charge in [0.1, 0.15) is 0 Å². The lowest BCUT2D eigenvalue weighted by molar-refractivity contribution is -0.0493. The first-order chi connectivity index (χ1) is 6.93. The highest BCUT2D eigenvalue weighted by Crippen LogP contribution is 2.35. The fourth-order valence-electron chi connectivity index (χ4n) is 1.05. The molecule has 0 bridgehead atoms. The van der Waals surface area contributed by atoms with Crippen molar-refractivity contribution < 1.29 is 18.3 Å². The summed E-state index contributed by atoms with van der Waals surface area (Å²) in [7, 11) is 0. The van der Waals surface area contributed by atoms with Crippen LogP contribution in [0.25, 0.3) is 0 Å². The molecule has 0 saturated heterocycles. The van der Waals surface area contributed by atoms with Gasteiger partial charge in [0.2, 0.25) is 0 Å². The third kappa shape index (κ3) is 2.56. The minimum Gasteiger partial charge on any atom is -0.431 e. The van der Waals surface area contributed by atoms with E-state index >= 15 is 0 Å². The summed E-state index contributed by atoms with van der Waals surface area (Å²) in [5.74, 6) is -0.710. The molecule has 0 aliphatic heterocycles. The Morgan fingerprint density at radius 1 is 1.53 bits per heavy atom. The molecule has 0 atom stereocenters. The first-order valence-corrected chi connectivity index (χ1v) is 4.35. The molecule has 0 spiro atoms. The Bertz CT molecular complexity index is 396. The second-order valence-corrected chi connectivity index (χ2v) is 3.16. The Balaban J connectivity index is 3.24. The molecule has 0 radical (unpaired) electrons. The normalized spacial score (nSPS) is 10.5. The molecule has 0 unspecified atom stereocenters. The van der Waals surface area contributed by atoms with Crippen molar-refractivity contribution in [2.75, 3.05) is 5.73 Å². The highest BCUT2D eigenvalue weighted by molar-refractivity contribution is 6.35. The molecule has 0 amide bonds. The Labute approximate surface area is 89.8 Å². The number of Topliss-reactive ketones (excluding diaryl/α,β-unsaturated/α-hetero) is 1. The Morgan fingerprint density at radius 3 is 2.60 bits per heavy atom. The molecule has 82 valence electrons. The maximum Gasteiger partial charge on any atom is 0.387 e. The molecule has 1 rings (SSSR count). The van der Waals surface area contributed by atoms with Crippen molar-refractivity contribution in [2.24, 2.45) is 0 Å². The van der Waals surface area contributed by atoms with E-state index in [4.69, 9.17) is 17.3 Å². The lowest BCUT2D eigenvalue weighted by Gasteiger charge is -2.11. The monoisotopic (exact) mass is 235 g/mol. The molecule has 0 aliphatic rings. The lowest BCUT2D eigenvalue weighted by atomic mass is 10.1. The van der Waals surface area contributed by atoms with Crippen LogP contribution in [0.4, 0.5) is 14.5 Å². The summed E-state index contributed by atoms with van der Waals surface area (Å²) < 4.78 is 28.1. The van der Waals surface area contributed by atoms with E-state index in [1.165, 1.54) is 19.1 Å². The van der Waals surface area contributed by atoms with Crippen LogP contribution in [0.2, 0.25) is 5.02 Å². The first-order valence-electron chi connectivity index (χ1n) is 3.97. The number of carbonyl (C=O) groups excluding carboxylic acids is 1. The Hall–Kier alpha value is -1.36. The number of hydrogen-bond donors (Lipinski definition) is 1. The van der Waals surface area contributed by atoms with Gasteiger partial charge in [-0.15, -0.1) is 0 Å². The molecular formula is C9H8ClF2NO2. The van der Waals surface area contributed by atoms with Gasteiger partial charge in [0.05, 0.1) is 10.7 Å². The number of nitrogens with two attached hydrogens (primary N) is 1. The molecule has 1 aromatic rings. The van der Waals surface area contributed by atoms with Crippen LogP contribution in [0.3, 0.4) is 0 Å². The molecule has 2 N–H and O–H groups in total. The van der Waals surface area contributed by atoms with Crippen LogP contribution in [0, 0.1) is 0 Å². The summed E-state index contributed by atoms with van der Waals surface area (Å²) in [6.45, 7) is -1.77. The lowest BCUT2D eigenvalue weighted by Crippen LogP contribution is -2.07. The summed E-state index contributed by atoms with van der Waals surface area (Å²) in [4.78, 5) is 11.0. The zero-order valence-electron chi connectivity index (χ0n) is 7.76. The van der Waals surface area contributed by atoms with Crippen LogP contribution in [0.1, 0.15) is 17.3 Å². The van der Waals surface area contributed by atoms with E-state index in [9.17, 15) is 13.6 Å². The number of alkyl halides is 2. The maximum absolute atomic E-state index is 12.0. The van der Waals surface area contributed by atoms with Gasteiger partial charge in [-0.1, -0.05) is 11.6 Å². The highest BCUT2D eigenvalue weighted by Gasteiger charge is 2.17. The van der Waals surface area contributed by atoms with Crippen LogP contribution in [-0.4, -0.2) is 12.4 Å². The molecule has 0 fully saturated rings. The number of halogens is 3. The smallest absolute Gasteiger partial charge is 0.387 e. The molecule has 15 heavy (non-hydrogen) atoms. The van der Waals surface area contributed by atoms with E-state index < -0.39 is 6.61 Å². The second-order valence-electron chi connectivity index (χ2n) is 2.78. The quantitative estimate of drug-likeness (QED) is 0.647. The van der Waals surface area contributed by atoms with Crippen molar-refractivity contribution in [3.8, 4) is 5.75 Å². The van der Waals surface area contributed by atoms with Gasteiger partial charge < -0.3 is 10.5 Å². The zero-order valence-corrected chi connectivity index (χ0v) is 8.52. The number of hydrogen-bond acceptors (Lipinski definition) is 3. The summed E-state index contributed by atoms with van der Waals surface area (Å²) in [6, 6.07) is 2.65. The van der Waals surface area contributed by atoms with E-state index in [1.54, 1.807) is 0 Å². The van der Waals surface area contributed by atoms with Crippen molar-refractivity contribution >= 4 is 23.1 Å². The van der Waals surface area contributed by atoms with Crippen LogP contribution in [-0.2, 0) is 0 Å². The average Bonchev–Trinajstić information content (AvgIpc) is 2.11. The van der Waals surface area contributed by atoms with Gasteiger partial charge >= 0.3 is 6.61 Å². The van der Waals surface area contributed by atoms with Crippen molar-refractivity contribution in [3.05, 3.63) is 22.7 Å². The van der Waals surface area contributed by atoms with Gasteiger partial charge in [-0.2, -0.15) is 8.78 Å². The van der Waals surface area contributed by atoms with E-state index in [1.807, 2.05) is 0 Å². The Morgan fingerprint density at radius 2 is 2.13 bits per heavy atom. The second kappa shape index (κ2) is 4.44. The molecule has 0 aromatic heterocycles. The number of benzene rings is 1. The number of nitrogen functional groups attached to an aromatic ring is 1.